The van der Waals surface area contributed by atoms with Crippen LogP contribution in [0.5, 0.6) is 0 Å². The van der Waals surface area contributed by atoms with E-state index in [2.05, 4.69) is 10.6 Å². The van der Waals surface area contributed by atoms with Crippen LogP contribution in [0.25, 0.3) is 0 Å². The fourth-order valence-electron chi connectivity index (χ4n) is 3.99. The van der Waals surface area contributed by atoms with E-state index in [1.54, 1.807) is 0 Å². The second-order valence-corrected chi connectivity index (χ2v) is 8.54. The summed E-state index contributed by atoms with van der Waals surface area (Å²) in [5, 5.41) is 9.14. The predicted octanol–water partition coefficient (Wildman–Crippen LogP) is 8.20. The van der Waals surface area contributed by atoms with Gasteiger partial charge in [0.1, 0.15) is 5.84 Å². The number of benzene rings is 2. The van der Waals surface area contributed by atoms with Crippen molar-refractivity contribution in [3.63, 3.8) is 0 Å². The molecule has 0 saturated heterocycles. The Balaban J connectivity index is 0.00000117. The summed E-state index contributed by atoms with van der Waals surface area (Å²) in [6.45, 7) is 4.54. The van der Waals surface area contributed by atoms with Crippen LogP contribution in [0.4, 0.5) is 11.4 Å². The first-order valence-corrected chi connectivity index (χ1v) is 11.5. The zero-order chi connectivity index (χ0) is 20.9. The van der Waals surface area contributed by atoms with Gasteiger partial charge in [-0.25, -0.2) is 0 Å². The van der Waals surface area contributed by atoms with E-state index in [1.165, 1.54) is 25.7 Å². The third kappa shape index (κ3) is 5.02. The van der Waals surface area contributed by atoms with Gasteiger partial charge in [0.15, 0.2) is 0 Å². The topological polar surface area (TPSA) is 36.4 Å². The molecule has 0 atom stereocenters. The SMILES string of the molecule is CC.Clc1cc2c(cc1Cl)NC1(CCCCCC1)C(=NCc1ccccc1Cl)N2. The molecule has 2 aromatic carbocycles. The summed E-state index contributed by atoms with van der Waals surface area (Å²) in [4.78, 5) is 4.97. The lowest BCUT2D eigenvalue weighted by Crippen LogP contribution is -2.52. The number of hydrogen-bond acceptors (Lipinski definition) is 2. The van der Waals surface area contributed by atoms with Crippen molar-refractivity contribution in [2.24, 2.45) is 4.99 Å². The summed E-state index contributed by atoms with van der Waals surface area (Å²) in [6.07, 6.45) is 6.96. The Bertz CT molecular complexity index is 872. The highest BCUT2D eigenvalue weighted by molar-refractivity contribution is 6.42. The number of rotatable bonds is 2. The monoisotopic (exact) mass is 451 g/mol. The third-order valence-electron chi connectivity index (χ3n) is 5.46. The number of hydrogen-bond donors (Lipinski definition) is 2. The van der Waals surface area contributed by atoms with Crippen LogP contribution in [0, 0.1) is 0 Å². The molecule has 0 amide bonds. The van der Waals surface area contributed by atoms with E-state index in [4.69, 9.17) is 39.8 Å². The smallest absolute Gasteiger partial charge is 0.127 e. The van der Waals surface area contributed by atoms with Gasteiger partial charge >= 0.3 is 0 Å². The van der Waals surface area contributed by atoms with E-state index in [0.717, 1.165) is 40.6 Å². The van der Waals surface area contributed by atoms with Gasteiger partial charge in [-0.1, -0.05) is 92.5 Å². The van der Waals surface area contributed by atoms with E-state index in [9.17, 15) is 0 Å². The first-order chi connectivity index (χ1) is 14.1. The second kappa shape index (κ2) is 10.1. The maximum absolute atomic E-state index is 6.33. The van der Waals surface area contributed by atoms with E-state index >= 15 is 0 Å². The minimum atomic E-state index is -0.193. The first kappa shape index (κ1) is 22.3. The molecule has 156 valence electrons. The van der Waals surface area contributed by atoms with Crippen molar-refractivity contribution in [2.45, 2.75) is 64.5 Å². The summed E-state index contributed by atoms with van der Waals surface area (Å²) in [7, 11) is 0. The van der Waals surface area contributed by atoms with Gasteiger partial charge in [-0.15, -0.1) is 0 Å². The third-order valence-corrected chi connectivity index (χ3v) is 6.55. The molecular formula is C23H28Cl3N3. The highest BCUT2D eigenvalue weighted by atomic mass is 35.5. The highest BCUT2D eigenvalue weighted by Crippen LogP contribution is 2.42. The maximum atomic E-state index is 6.33. The van der Waals surface area contributed by atoms with E-state index in [0.29, 0.717) is 16.6 Å². The van der Waals surface area contributed by atoms with Gasteiger partial charge in [-0.3, -0.25) is 4.99 Å². The number of aliphatic imine (C=N–C) groups is 1. The van der Waals surface area contributed by atoms with Crippen LogP contribution >= 0.6 is 34.8 Å². The normalized spacial score (nSPS) is 18.7. The molecule has 0 unspecified atom stereocenters. The Morgan fingerprint density at radius 3 is 2.14 bits per heavy atom. The molecule has 2 aromatic rings. The molecule has 0 aromatic heterocycles. The van der Waals surface area contributed by atoms with Gasteiger partial charge in [-0.2, -0.15) is 0 Å². The van der Waals surface area contributed by atoms with Crippen LogP contribution in [0.2, 0.25) is 15.1 Å². The fraction of sp³-hybridized carbons (Fsp3) is 0.435. The summed E-state index contributed by atoms with van der Waals surface area (Å²) in [5.74, 6) is 0.968. The molecular weight excluding hydrogens is 425 g/mol. The summed E-state index contributed by atoms with van der Waals surface area (Å²) in [6, 6.07) is 11.6. The van der Waals surface area contributed by atoms with E-state index < -0.39 is 0 Å². The molecule has 1 aliphatic heterocycles. The lowest BCUT2D eigenvalue weighted by Gasteiger charge is -2.41. The van der Waals surface area contributed by atoms with Crippen molar-refractivity contribution in [1.82, 2.24) is 0 Å². The lowest BCUT2D eigenvalue weighted by molar-refractivity contribution is 0.524. The van der Waals surface area contributed by atoms with Crippen LogP contribution in [0.3, 0.4) is 0 Å². The van der Waals surface area contributed by atoms with Crippen molar-refractivity contribution in [1.29, 1.82) is 0 Å². The minimum Gasteiger partial charge on any atom is -0.371 e. The maximum Gasteiger partial charge on any atom is 0.127 e. The molecule has 1 saturated carbocycles. The molecule has 3 nitrogen and oxygen atoms in total. The number of fused-ring (bicyclic) bond motifs is 1. The highest BCUT2D eigenvalue weighted by Gasteiger charge is 2.40. The van der Waals surface area contributed by atoms with Crippen molar-refractivity contribution >= 4 is 52.0 Å². The van der Waals surface area contributed by atoms with Gasteiger partial charge in [0.05, 0.1) is 33.5 Å². The second-order valence-electron chi connectivity index (χ2n) is 7.31. The first-order valence-electron chi connectivity index (χ1n) is 10.4. The molecule has 4 rings (SSSR count). The van der Waals surface area contributed by atoms with Crippen LogP contribution in [-0.4, -0.2) is 11.4 Å². The van der Waals surface area contributed by atoms with Gasteiger partial charge in [0.25, 0.3) is 0 Å². The molecule has 1 aliphatic carbocycles. The largest absolute Gasteiger partial charge is 0.371 e. The zero-order valence-corrected chi connectivity index (χ0v) is 19.3. The molecule has 6 heteroatoms. The van der Waals surface area contributed by atoms with Gasteiger partial charge in [-0.05, 0) is 36.6 Å². The predicted molar refractivity (Wildman–Crippen MR) is 128 cm³/mol. The number of nitrogens with zero attached hydrogens (tertiary/aromatic N) is 1. The van der Waals surface area contributed by atoms with Crippen molar-refractivity contribution in [2.75, 3.05) is 10.6 Å². The zero-order valence-electron chi connectivity index (χ0n) is 17.0. The standard InChI is InChI=1S/C21H22Cl3N3.C2H6/c22-15-8-4-3-7-14(15)13-25-20-21(9-5-1-2-6-10-21)27-19-12-17(24)16(23)11-18(19)26-20;1-2/h3-4,7-8,11-12,27H,1-2,5-6,9-10,13H2,(H,25,26);1-2H3. The Hall–Kier alpha value is -1.42. The Kier molecular flexibility index (Phi) is 7.72. The Morgan fingerprint density at radius 1 is 0.862 bits per heavy atom. The Morgan fingerprint density at radius 2 is 1.48 bits per heavy atom. The number of amidine groups is 1. The molecule has 0 bridgehead atoms. The number of anilines is 2. The number of halogens is 3. The average molecular weight is 453 g/mol. The van der Waals surface area contributed by atoms with Crippen LogP contribution in [0.1, 0.15) is 57.9 Å². The van der Waals surface area contributed by atoms with Gasteiger partial charge in [0.2, 0.25) is 0 Å². The van der Waals surface area contributed by atoms with Crippen LogP contribution in [0.15, 0.2) is 41.4 Å². The summed E-state index contributed by atoms with van der Waals surface area (Å²) in [5.41, 5.74) is 2.74. The number of nitrogens with one attached hydrogen (secondary N) is 2. The molecule has 0 radical (unpaired) electrons. The van der Waals surface area contributed by atoms with Crippen LogP contribution in [-0.2, 0) is 6.54 Å². The van der Waals surface area contributed by atoms with Crippen molar-refractivity contribution in [3.05, 3.63) is 57.0 Å². The van der Waals surface area contributed by atoms with Crippen molar-refractivity contribution in [3.8, 4) is 0 Å². The lowest BCUT2D eigenvalue weighted by atomic mass is 9.86. The molecule has 29 heavy (non-hydrogen) atoms. The fourth-order valence-corrected chi connectivity index (χ4v) is 4.52. The van der Waals surface area contributed by atoms with Gasteiger partial charge in [0, 0.05) is 5.02 Å². The van der Waals surface area contributed by atoms with Crippen molar-refractivity contribution < 1.29 is 0 Å². The molecule has 1 heterocycles. The Labute approximate surface area is 188 Å². The van der Waals surface area contributed by atoms with Gasteiger partial charge < -0.3 is 10.6 Å². The average Bonchev–Trinajstić information content (AvgIpc) is 2.97. The molecule has 1 spiro atoms. The minimum absolute atomic E-state index is 0.193. The summed E-state index contributed by atoms with van der Waals surface area (Å²) >= 11 is 18.8. The quantitative estimate of drug-likeness (QED) is 0.481. The van der Waals surface area contributed by atoms with Crippen LogP contribution < -0.4 is 10.6 Å². The molecule has 2 N–H and O–H groups in total. The molecule has 2 aliphatic rings. The molecule has 1 fully saturated rings. The van der Waals surface area contributed by atoms with E-state index in [-0.39, 0.29) is 5.54 Å². The summed E-state index contributed by atoms with van der Waals surface area (Å²) < 4.78 is 0. The van der Waals surface area contributed by atoms with E-state index in [1.807, 2.05) is 50.2 Å².